The van der Waals surface area contributed by atoms with Gasteiger partial charge in [-0.1, -0.05) is 11.2 Å². The number of anilines is 1. The first-order valence-corrected chi connectivity index (χ1v) is 4.73. The molecule has 3 N–H and O–H groups in total. The first-order chi connectivity index (χ1) is 7.13. The van der Waals surface area contributed by atoms with Gasteiger partial charge in [0.05, 0.1) is 0 Å². The van der Waals surface area contributed by atoms with Gasteiger partial charge in [-0.2, -0.15) is 0 Å². The minimum atomic E-state index is 0.231. The Morgan fingerprint density at radius 2 is 2.33 bits per heavy atom. The zero-order chi connectivity index (χ0) is 11.3. The molecule has 1 aromatic rings. The standard InChI is InChI=1S/C10H16N4O/c1-8-3-4-10(12-7-8)14(2)6-5-9(11)13-15/h3-4,7,15H,5-6H2,1-2H3,(H2,11,13). The van der Waals surface area contributed by atoms with Crippen molar-refractivity contribution < 1.29 is 5.21 Å². The molecule has 0 bridgehead atoms. The van der Waals surface area contributed by atoms with Crippen molar-refractivity contribution >= 4 is 11.7 Å². The van der Waals surface area contributed by atoms with Gasteiger partial charge in [0.2, 0.25) is 0 Å². The fourth-order valence-corrected chi connectivity index (χ4v) is 1.13. The normalized spacial score (nSPS) is 11.5. The quantitative estimate of drug-likeness (QED) is 0.334. The summed E-state index contributed by atoms with van der Waals surface area (Å²) in [5.74, 6) is 1.11. The number of nitrogens with zero attached hydrogens (tertiary/aromatic N) is 3. The highest BCUT2D eigenvalue weighted by Gasteiger charge is 2.02. The van der Waals surface area contributed by atoms with Crippen LogP contribution in [0.3, 0.4) is 0 Å². The van der Waals surface area contributed by atoms with Gasteiger partial charge < -0.3 is 15.8 Å². The Bertz CT molecular complexity index is 334. The van der Waals surface area contributed by atoms with Gasteiger partial charge in [0, 0.05) is 26.2 Å². The number of oxime groups is 1. The second-order valence-corrected chi connectivity index (χ2v) is 3.46. The molecule has 0 amide bonds. The second kappa shape index (κ2) is 5.19. The molecule has 1 rings (SSSR count). The molecule has 0 fully saturated rings. The maximum Gasteiger partial charge on any atom is 0.140 e. The SMILES string of the molecule is Cc1ccc(N(C)CC/C(N)=N/O)nc1. The zero-order valence-corrected chi connectivity index (χ0v) is 9.01. The van der Waals surface area contributed by atoms with Crippen molar-refractivity contribution in [1.29, 1.82) is 0 Å². The van der Waals surface area contributed by atoms with E-state index in [1.54, 1.807) is 0 Å². The zero-order valence-electron chi connectivity index (χ0n) is 9.01. The number of aromatic nitrogens is 1. The summed E-state index contributed by atoms with van der Waals surface area (Å²) in [6.07, 6.45) is 2.33. The molecule has 1 aromatic heterocycles. The van der Waals surface area contributed by atoms with Crippen molar-refractivity contribution in [2.24, 2.45) is 10.9 Å². The lowest BCUT2D eigenvalue weighted by Gasteiger charge is -2.17. The van der Waals surface area contributed by atoms with E-state index < -0.39 is 0 Å². The molecule has 0 aliphatic carbocycles. The molecule has 5 nitrogen and oxygen atoms in total. The van der Waals surface area contributed by atoms with Crippen LogP contribution in [0, 0.1) is 6.92 Å². The molecule has 0 atom stereocenters. The van der Waals surface area contributed by atoms with Crippen LogP contribution in [0.2, 0.25) is 0 Å². The second-order valence-electron chi connectivity index (χ2n) is 3.46. The highest BCUT2D eigenvalue weighted by Crippen LogP contribution is 2.08. The molecule has 0 aromatic carbocycles. The minimum Gasteiger partial charge on any atom is -0.409 e. The molecule has 0 unspecified atom stereocenters. The third kappa shape index (κ3) is 3.46. The van der Waals surface area contributed by atoms with Crippen LogP contribution in [0.1, 0.15) is 12.0 Å². The van der Waals surface area contributed by atoms with Gasteiger partial charge in [0.15, 0.2) is 0 Å². The largest absolute Gasteiger partial charge is 0.409 e. The third-order valence-electron chi connectivity index (χ3n) is 2.12. The van der Waals surface area contributed by atoms with Gasteiger partial charge in [-0.3, -0.25) is 0 Å². The Kier molecular flexibility index (Phi) is 3.91. The summed E-state index contributed by atoms with van der Waals surface area (Å²) in [5.41, 5.74) is 6.50. The molecular weight excluding hydrogens is 192 g/mol. The molecule has 0 spiro atoms. The summed E-state index contributed by atoms with van der Waals surface area (Å²) in [6, 6.07) is 3.95. The van der Waals surface area contributed by atoms with Crippen LogP contribution in [0.15, 0.2) is 23.5 Å². The third-order valence-corrected chi connectivity index (χ3v) is 2.12. The highest BCUT2D eigenvalue weighted by molar-refractivity contribution is 5.80. The van der Waals surface area contributed by atoms with Crippen LogP contribution >= 0.6 is 0 Å². The number of hydrogen-bond acceptors (Lipinski definition) is 4. The maximum absolute atomic E-state index is 8.38. The van der Waals surface area contributed by atoms with Crippen molar-refractivity contribution in [1.82, 2.24) is 4.98 Å². The van der Waals surface area contributed by atoms with Gasteiger partial charge in [0.1, 0.15) is 11.7 Å². The van der Waals surface area contributed by atoms with E-state index in [4.69, 9.17) is 10.9 Å². The molecule has 82 valence electrons. The predicted molar refractivity (Wildman–Crippen MR) is 60.3 cm³/mol. The van der Waals surface area contributed by atoms with E-state index >= 15 is 0 Å². The number of pyridine rings is 1. The molecule has 0 saturated heterocycles. The van der Waals surface area contributed by atoms with Crippen LogP contribution in [0.4, 0.5) is 5.82 Å². The van der Waals surface area contributed by atoms with Gasteiger partial charge in [-0.25, -0.2) is 4.98 Å². The van der Waals surface area contributed by atoms with E-state index in [0.717, 1.165) is 11.4 Å². The van der Waals surface area contributed by atoms with Crippen LogP contribution in [0.25, 0.3) is 0 Å². The fourth-order valence-electron chi connectivity index (χ4n) is 1.13. The number of aryl methyl sites for hydroxylation is 1. The van der Waals surface area contributed by atoms with E-state index in [-0.39, 0.29) is 5.84 Å². The van der Waals surface area contributed by atoms with E-state index in [2.05, 4.69) is 10.1 Å². The molecule has 15 heavy (non-hydrogen) atoms. The van der Waals surface area contributed by atoms with E-state index in [9.17, 15) is 0 Å². The number of amidine groups is 1. The molecule has 0 saturated carbocycles. The van der Waals surface area contributed by atoms with E-state index in [1.165, 1.54) is 0 Å². The van der Waals surface area contributed by atoms with Crippen LogP contribution in [-0.4, -0.2) is 29.6 Å². The summed E-state index contributed by atoms with van der Waals surface area (Å²) in [5, 5.41) is 11.3. The Hall–Kier alpha value is -1.78. The van der Waals surface area contributed by atoms with Crippen LogP contribution in [0.5, 0.6) is 0 Å². The number of nitrogens with two attached hydrogens (primary N) is 1. The van der Waals surface area contributed by atoms with Crippen LogP contribution in [-0.2, 0) is 0 Å². The van der Waals surface area contributed by atoms with Gasteiger partial charge in [-0.15, -0.1) is 0 Å². The molecule has 0 aliphatic rings. The lowest BCUT2D eigenvalue weighted by Crippen LogP contribution is -2.25. The maximum atomic E-state index is 8.38. The smallest absolute Gasteiger partial charge is 0.140 e. The average Bonchev–Trinajstić information content (AvgIpc) is 2.26. The predicted octanol–water partition coefficient (Wildman–Crippen LogP) is 0.963. The van der Waals surface area contributed by atoms with Crippen molar-refractivity contribution in [2.75, 3.05) is 18.5 Å². The van der Waals surface area contributed by atoms with Gasteiger partial charge in [0.25, 0.3) is 0 Å². The summed E-state index contributed by atoms with van der Waals surface area (Å²) in [6.45, 7) is 2.67. The lowest BCUT2D eigenvalue weighted by molar-refractivity contribution is 0.317. The van der Waals surface area contributed by atoms with Crippen LogP contribution < -0.4 is 10.6 Å². The monoisotopic (exact) mass is 208 g/mol. The average molecular weight is 208 g/mol. The van der Waals surface area contributed by atoms with Crippen molar-refractivity contribution in [3.05, 3.63) is 23.9 Å². The van der Waals surface area contributed by atoms with Crippen molar-refractivity contribution in [3.8, 4) is 0 Å². The lowest BCUT2D eigenvalue weighted by atomic mass is 10.3. The Balaban J connectivity index is 2.53. The molecule has 0 radical (unpaired) electrons. The Labute approximate surface area is 89.2 Å². The summed E-state index contributed by atoms with van der Waals surface area (Å²) >= 11 is 0. The molecular formula is C10H16N4O. The summed E-state index contributed by atoms with van der Waals surface area (Å²) < 4.78 is 0. The van der Waals surface area contributed by atoms with E-state index in [1.807, 2.05) is 37.2 Å². The number of rotatable bonds is 4. The van der Waals surface area contributed by atoms with Gasteiger partial charge in [-0.05, 0) is 18.6 Å². The highest BCUT2D eigenvalue weighted by atomic mass is 16.4. The Morgan fingerprint density at radius 3 is 2.87 bits per heavy atom. The summed E-state index contributed by atoms with van der Waals surface area (Å²) in [4.78, 5) is 6.22. The summed E-state index contributed by atoms with van der Waals surface area (Å²) in [7, 11) is 1.92. The fraction of sp³-hybridized carbons (Fsp3) is 0.400. The van der Waals surface area contributed by atoms with Gasteiger partial charge >= 0.3 is 0 Å². The van der Waals surface area contributed by atoms with E-state index in [0.29, 0.717) is 13.0 Å². The molecule has 5 heteroatoms. The Morgan fingerprint density at radius 1 is 1.60 bits per heavy atom. The molecule has 0 aliphatic heterocycles. The minimum absolute atomic E-state index is 0.231. The first kappa shape index (κ1) is 11.3. The van der Waals surface area contributed by atoms with Crippen molar-refractivity contribution in [3.63, 3.8) is 0 Å². The first-order valence-electron chi connectivity index (χ1n) is 4.73. The topological polar surface area (TPSA) is 74.7 Å². The molecule has 1 heterocycles. The number of hydrogen-bond donors (Lipinski definition) is 2. The van der Waals surface area contributed by atoms with Crippen molar-refractivity contribution in [2.45, 2.75) is 13.3 Å².